The van der Waals surface area contributed by atoms with Crippen LogP contribution in [0.2, 0.25) is 0 Å². The minimum absolute atomic E-state index is 0.0352. The van der Waals surface area contributed by atoms with Crippen molar-refractivity contribution in [2.45, 2.75) is 38.5 Å². The van der Waals surface area contributed by atoms with Crippen molar-refractivity contribution in [1.82, 2.24) is 5.32 Å². The summed E-state index contributed by atoms with van der Waals surface area (Å²) >= 11 is 0. The number of hydrogen-bond donors (Lipinski definition) is 1. The minimum Gasteiger partial charge on any atom is -0.466 e. The number of carbonyl (C=O) groups excluding carboxylic acids is 2. The lowest BCUT2D eigenvalue weighted by Crippen LogP contribution is -2.41. The summed E-state index contributed by atoms with van der Waals surface area (Å²) in [5, 5.41) is 3.36. The van der Waals surface area contributed by atoms with Crippen LogP contribution >= 0.6 is 0 Å². The van der Waals surface area contributed by atoms with E-state index in [1.807, 2.05) is 37.3 Å². The van der Waals surface area contributed by atoms with Gasteiger partial charge in [-0.25, -0.2) is 4.79 Å². The van der Waals surface area contributed by atoms with Crippen LogP contribution in [0.4, 0.5) is 0 Å². The van der Waals surface area contributed by atoms with Crippen molar-refractivity contribution < 1.29 is 14.3 Å². The van der Waals surface area contributed by atoms with Gasteiger partial charge in [-0.05, 0) is 30.0 Å². The standard InChI is InChI=1S/C26H27NO3/c1-4-17-10-12-19(13-11-17)24-23(26(29)30-3)16(2)27-21-14-20(15-22(28)25(21)24)18-8-6-5-7-9-18/h5-14,20,24-25,27H,4,15H2,1-3H3. The zero-order valence-electron chi connectivity index (χ0n) is 17.6. The van der Waals surface area contributed by atoms with Gasteiger partial charge < -0.3 is 10.1 Å². The number of fused-ring (bicyclic) bond motifs is 1. The molecule has 1 N–H and O–H groups in total. The number of esters is 1. The molecule has 3 unspecified atom stereocenters. The number of Topliss-reactive ketones (excluding diaryl/α,β-unsaturated/α-hetero) is 1. The number of ether oxygens (including phenoxy) is 1. The van der Waals surface area contributed by atoms with E-state index >= 15 is 0 Å². The predicted molar refractivity (Wildman–Crippen MR) is 117 cm³/mol. The van der Waals surface area contributed by atoms with Crippen LogP contribution in [0.3, 0.4) is 0 Å². The number of allylic oxidation sites excluding steroid dienone is 3. The number of nitrogens with one attached hydrogen (secondary N) is 1. The first kappa shape index (κ1) is 20.1. The predicted octanol–water partition coefficient (Wildman–Crippen LogP) is 4.64. The molecule has 0 radical (unpaired) electrons. The van der Waals surface area contributed by atoms with Crippen molar-refractivity contribution >= 4 is 11.8 Å². The van der Waals surface area contributed by atoms with Crippen LogP contribution in [0.1, 0.15) is 48.8 Å². The molecule has 154 valence electrons. The smallest absolute Gasteiger partial charge is 0.336 e. The number of aryl methyl sites for hydroxylation is 1. The Bertz CT molecular complexity index is 1020. The average Bonchev–Trinajstić information content (AvgIpc) is 2.78. The second-order valence-electron chi connectivity index (χ2n) is 8.02. The number of methoxy groups -OCH3 is 1. The van der Waals surface area contributed by atoms with Gasteiger partial charge in [-0.3, -0.25) is 4.79 Å². The van der Waals surface area contributed by atoms with E-state index in [9.17, 15) is 9.59 Å². The van der Waals surface area contributed by atoms with Crippen molar-refractivity contribution in [1.29, 1.82) is 0 Å². The summed E-state index contributed by atoms with van der Waals surface area (Å²) in [6.07, 6.45) is 3.53. The lowest BCUT2D eigenvalue weighted by molar-refractivity contribution is -0.136. The highest BCUT2D eigenvalue weighted by Crippen LogP contribution is 2.46. The van der Waals surface area contributed by atoms with Gasteiger partial charge >= 0.3 is 5.97 Å². The van der Waals surface area contributed by atoms with Crippen molar-refractivity contribution in [3.8, 4) is 0 Å². The van der Waals surface area contributed by atoms with E-state index < -0.39 is 5.92 Å². The molecule has 0 bridgehead atoms. The molecule has 0 saturated heterocycles. The molecular weight excluding hydrogens is 374 g/mol. The molecule has 2 aromatic carbocycles. The number of hydrogen-bond acceptors (Lipinski definition) is 4. The Morgan fingerprint density at radius 1 is 1.03 bits per heavy atom. The lowest BCUT2D eigenvalue weighted by Gasteiger charge is -2.39. The van der Waals surface area contributed by atoms with E-state index in [1.165, 1.54) is 12.7 Å². The fraction of sp³-hybridized carbons (Fsp3) is 0.308. The molecule has 1 aliphatic carbocycles. The molecule has 2 aromatic rings. The number of benzene rings is 2. The molecule has 4 heteroatoms. The van der Waals surface area contributed by atoms with E-state index in [1.54, 1.807) is 0 Å². The summed E-state index contributed by atoms with van der Waals surface area (Å²) < 4.78 is 5.09. The Morgan fingerprint density at radius 2 is 1.73 bits per heavy atom. The molecule has 2 aliphatic rings. The topological polar surface area (TPSA) is 55.4 Å². The molecular formula is C26H27NO3. The molecule has 0 amide bonds. The Kier molecular flexibility index (Phi) is 5.58. The second kappa shape index (κ2) is 8.31. The summed E-state index contributed by atoms with van der Waals surface area (Å²) in [5.41, 5.74) is 5.49. The molecule has 0 saturated carbocycles. The van der Waals surface area contributed by atoms with Gasteiger partial charge in [0, 0.05) is 29.7 Å². The second-order valence-corrected chi connectivity index (χ2v) is 8.02. The Balaban J connectivity index is 1.82. The lowest BCUT2D eigenvalue weighted by atomic mass is 9.68. The number of carbonyl (C=O) groups is 2. The van der Waals surface area contributed by atoms with E-state index in [-0.39, 0.29) is 23.6 Å². The van der Waals surface area contributed by atoms with Gasteiger partial charge in [0.1, 0.15) is 5.78 Å². The maximum absolute atomic E-state index is 13.4. The van der Waals surface area contributed by atoms with Crippen LogP contribution in [0, 0.1) is 5.92 Å². The number of rotatable bonds is 4. The highest BCUT2D eigenvalue weighted by Gasteiger charge is 2.44. The van der Waals surface area contributed by atoms with E-state index in [4.69, 9.17) is 4.74 Å². The normalized spacial score (nSPS) is 23.4. The van der Waals surface area contributed by atoms with Gasteiger partial charge in [0.25, 0.3) is 0 Å². The molecule has 0 fully saturated rings. The number of ketones is 1. The van der Waals surface area contributed by atoms with Crippen molar-refractivity contribution in [2.24, 2.45) is 5.92 Å². The van der Waals surface area contributed by atoms with Gasteiger partial charge in [0.15, 0.2) is 0 Å². The third-order valence-corrected chi connectivity index (χ3v) is 6.24. The van der Waals surface area contributed by atoms with Crippen LogP contribution in [0.25, 0.3) is 0 Å². The zero-order chi connectivity index (χ0) is 21.3. The van der Waals surface area contributed by atoms with Crippen molar-refractivity contribution in [3.63, 3.8) is 0 Å². The molecule has 0 spiro atoms. The average molecular weight is 402 g/mol. The quantitative estimate of drug-likeness (QED) is 0.759. The van der Waals surface area contributed by atoms with E-state index in [0.29, 0.717) is 12.0 Å². The Morgan fingerprint density at radius 3 is 2.37 bits per heavy atom. The molecule has 4 rings (SSSR count). The van der Waals surface area contributed by atoms with Crippen LogP contribution in [-0.2, 0) is 20.7 Å². The maximum atomic E-state index is 13.4. The fourth-order valence-electron chi connectivity index (χ4n) is 4.69. The largest absolute Gasteiger partial charge is 0.466 e. The third kappa shape index (κ3) is 3.58. The minimum atomic E-state index is -0.407. The van der Waals surface area contributed by atoms with Gasteiger partial charge in [0.05, 0.1) is 18.6 Å². The van der Waals surface area contributed by atoms with E-state index in [2.05, 4.69) is 42.6 Å². The molecule has 3 atom stereocenters. The first-order chi connectivity index (χ1) is 14.5. The van der Waals surface area contributed by atoms with E-state index in [0.717, 1.165) is 28.9 Å². The van der Waals surface area contributed by atoms with Gasteiger partial charge in [-0.1, -0.05) is 67.6 Å². The molecule has 4 nitrogen and oxygen atoms in total. The molecule has 30 heavy (non-hydrogen) atoms. The van der Waals surface area contributed by atoms with Crippen LogP contribution in [0.5, 0.6) is 0 Å². The van der Waals surface area contributed by atoms with Crippen LogP contribution in [0.15, 0.2) is 77.6 Å². The SMILES string of the molecule is CCc1ccc(C2C(C(=O)OC)=C(C)NC3=CC(c4ccccc4)CC(=O)C32)cc1. The van der Waals surface area contributed by atoms with Crippen molar-refractivity contribution in [2.75, 3.05) is 7.11 Å². The highest BCUT2D eigenvalue weighted by molar-refractivity contribution is 5.96. The summed E-state index contributed by atoms with van der Waals surface area (Å²) in [4.78, 5) is 26.1. The Hall–Kier alpha value is -3.14. The molecule has 1 heterocycles. The monoisotopic (exact) mass is 401 g/mol. The zero-order valence-corrected chi connectivity index (χ0v) is 17.6. The summed E-state index contributed by atoms with van der Waals surface area (Å²) in [6.45, 7) is 3.99. The van der Waals surface area contributed by atoms with Crippen molar-refractivity contribution in [3.05, 3.63) is 94.3 Å². The van der Waals surface area contributed by atoms with Gasteiger partial charge in [-0.2, -0.15) is 0 Å². The first-order valence-corrected chi connectivity index (χ1v) is 10.5. The van der Waals surface area contributed by atoms with Crippen LogP contribution < -0.4 is 5.32 Å². The maximum Gasteiger partial charge on any atom is 0.336 e. The summed E-state index contributed by atoms with van der Waals surface area (Å²) in [6, 6.07) is 18.3. The fourth-order valence-corrected chi connectivity index (χ4v) is 4.69. The summed E-state index contributed by atoms with van der Waals surface area (Å²) in [7, 11) is 1.39. The molecule has 0 aromatic heterocycles. The third-order valence-electron chi connectivity index (χ3n) is 6.24. The van der Waals surface area contributed by atoms with Gasteiger partial charge in [0.2, 0.25) is 0 Å². The van der Waals surface area contributed by atoms with Crippen LogP contribution in [-0.4, -0.2) is 18.9 Å². The first-order valence-electron chi connectivity index (χ1n) is 10.5. The Labute approximate surface area is 177 Å². The molecule has 1 aliphatic heterocycles. The summed E-state index contributed by atoms with van der Waals surface area (Å²) in [5.74, 6) is -0.961. The van der Waals surface area contributed by atoms with Gasteiger partial charge in [-0.15, -0.1) is 0 Å². The highest BCUT2D eigenvalue weighted by atomic mass is 16.5.